The number of rotatable bonds is 4. The van der Waals surface area contributed by atoms with Crippen molar-refractivity contribution in [2.24, 2.45) is 5.92 Å². The molecular weight excluding hydrogens is 331 g/mol. The molecule has 1 unspecified atom stereocenters. The van der Waals surface area contributed by atoms with Crippen LogP contribution in [0.25, 0.3) is 0 Å². The van der Waals surface area contributed by atoms with Gasteiger partial charge in [-0.05, 0) is 42.7 Å². The van der Waals surface area contributed by atoms with Crippen molar-refractivity contribution in [3.63, 3.8) is 0 Å². The maximum atomic E-state index is 12.2. The van der Waals surface area contributed by atoms with Gasteiger partial charge in [0, 0.05) is 30.9 Å². The summed E-state index contributed by atoms with van der Waals surface area (Å²) in [7, 11) is 0. The molecule has 1 saturated heterocycles. The number of carbonyl (C=O) groups is 1. The van der Waals surface area contributed by atoms with E-state index in [1.54, 1.807) is 18.2 Å². The smallest absolute Gasteiger partial charge is 0.251 e. The molecule has 1 atom stereocenters. The average molecular weight is 349 g/mol. The number of benzene rings is 2. The summed E-state index contributed by atoms with van der Waals surface area (Å²) in [5.41, 5.74) is 1.78. The van der Waals surface area contributed by atoms with Crippen LogP contribution in [-0.2, 0) is 0 Å². The Morgan fingerprint density at radius 2 is 1.91 bits per heavy atom. The molecule has 0 spiro atoms. The quantitative estimate of drug-likeness (QED) is 0.895. The molecule has 3 nitrogen and oxygen atoms in total. The molecule has 0 aliphatic carbocycles. The molecule has 1 N–H and O–H groups in total. The van der Waals surface area contributed by atoms with Crippen LogP contribution in [0.1, 0.15) is 16.8 Å². The van der Waals surface area contributed by atoms with Crippen LogP contribution in [0, 0.1) is 5.92 Å². The lowest BCUT2D eigenvalue weighted by Crippen LogP contribution is -2.31. The summed E-state index contributed by atoms with van der Waals surface area (Å²) in [5, 5.41) is 3.85. The van der Waals surface area contributed by atoms with E-state index in [1.807, 2.05) is 6.07 Å². The van der Waals surface area contributed by atoms with E-state index in [2.05, 4.69) is 34.5 Å². The third-order valence-electron chi connectivity index (χ3n) is 4.14. The van der Waals surface area contributed by atoms with Crippen LogP contribution in [0.4, 0.5) is 5.69 Å². The number of anilines is 1. The fourth-order valence-electron chi connectivity index (χ4n) is 2.85. The molecule has 1 aliphatic heterocycles. The van der Waals surface area contributed by atoms with Crippen molar-refractivity contribution in [1.82, 2.24) is 5.32 Å². The number of halogens is 2. The van der Waals surface area contributed by atoms with Crippen molar-refractivity contribution in [3.8, 4) is 0 Å². The molecule has 1 aliphatic rings. The van der Waals surface area contributed by atoms with Gasteiger partial charge in [-0.1, -0.05) is 41.4 Å². The Kier molecular flexibility index (Phi) is 5.09. The summed E-state index contributed by atoms with van der Waals surface area (Å²) in [4.78, 5) is 14.5. The van der Waals surface area contributed by atoms with E-state index in [9.17, 15) is 4.79 Å². The van der Waals surface area contributed by atoms with Crippen molar-refractivity contribution in [1.29, 1.82) is 0 Å². The summed E-state index contributed by atoms with van der Waals surface area (Å²) < 4.78 is 0. The molecule has 3 rings (SSSR count). The largest absolute Gasteiger partial charge is 0.371 e. The van der Waals surface area contributed by atoms with Crippen LogP contribution in [0.5, 0.6) is 0 Å². The van der Waals surface area contributed by atoms with Gasteiger partial charge in [0.25, 0.3) is 5.91 Å². The molecule has 2 aromatic carbocycles. The second-order valence-electron chi connectivity index (χ2n) is 5.78. The number of carbonyl (C=O) groups excluding carboxylic acids is 1. The van der Waals surface area contributed by atoms with Gasteiger partial charge < -0.3 is 10.2 Å². The van der Waals surface area contributed by atoms with Crippen LogP contribution in [0.2, 0.25) is 10.0 Å². The zero-order valence-electron chi connectivity index (χ0n) is 12.6. The Morgan fingerprint density at radius 3 is 2.65 bits per heavy atom. The lowest BCUT2D eigenvalue weighted by atomic mass is 10.1. The highest BCUT2D eigenvalue weighted by atomic mass is 35.5. The summed E-state index contributed by atoms with van der Waals surface area (Å²) in [6.07, 6.45) is 1.08. The van der Waals surface area contributed by atoms with Crippen LogP contribution in [0.3, 0.4) is 0 Å². The van der Waals surface area contributed by atoms with E-state index in [-0.39, 0.29) is 5.91 Å². The highest BCUT2D eigenvalue weighted by Gasteiger charge is 2.23. The lowest BCUT2D eigenvalue weighted by molar-refractivity contribution is 0.0948. The molecule has 0 bridgehead atoms. The number of hydrogen-bond acceptors (Lipinski definition) is 2. The number of nitrogens with zero attached hydrogens (tertiary/aromatic N) is 1. The molecule has 1 heterocycles. The first-order chi connectivity index (χ1) is 11.1. The topological polar surface area (TPSA) is 32.3 Å². The van der Waals surface area contributed by atoms with Crippen molar-refractivity contribution >= 4 is 34.8 Å². The molecule has 0 aromatic heterocycles. The zero-order chi connectivity index (χ0) is 16.2. The second-order valence-corrected chi connectivity index (χ2v) is 6.59. The molecule has 0 saturated carbocycles. The van der Waals surface area contributed by atoms with E-state index in [1.165, 1.54) is 5.69 Å². The highest BCUT2D eigenvalue weighted by Crippen LogP contribution is 2.24. The Hall–Kier alpha value is -1.71. The van der Waals surface area contributed by atoms with Gasteiger partial charge >= 0.3 is 0 Å². The van der Waals surface area contributed by atoms with Gasteiger partial charge in [0.1, 0.15) is 0 Å². The van der Waals surface area contributed by atoms with Crippen molar-refractivity contribution in [3.05, 3.63) is 64.1 Å². The van der Waals surface area contributed by atoms with Gasteiger partial charge in [-0.25, -0.2) is 0 Å². The van der Waals surface area contributed by atoms with Crippen LogP contribution >= 0.6 is 23.2 Å². The molecule has 2 aromatic rings. The van der Waals surface area contributed by atoms with Gasteiger partial charge in [-0.15, -0.1) is 0 Å². The van der Waals surface area contributed by atoms with Crippen molar-refractivity contribution < 1.29 is 4.79 Å². The lowest BCUT2D eigenvalue weighted by Gasteiger charge is -2.18. The summed E-state index contributed by atoms with van der Waals surface area (Å²) in [6.45, 7) is 2.66. The second kappa shape index (κ2) is 7.24. The van der Waals surface area contributed by atoms with Crippen LogP contribution in [-0.4, -0.2) is 25.5 Å². The standard InChI is InChI=1S/C18H18Cl2N2O/c19-16-7-6-14(10-17(16)20)18(23)21-11-13-8-9-22(12-13)15-4-2-1-3-5-15/h1-7,10,13H,8-9,11-12H2,(H,21,23). The zero-order valence-corrected chi connectivity index (χ0v) is 14.1. The SMILES string of the molecule is O=C(NCC1CCN(c2ccccc2)C1)c1ccc(Cl)c(Cl)c1. The van der Waals surface area contributed by atoms with Gasteiger partial charge in [-0.3, -0.25) is 4.79 Å². The monoisotopic (exact) mass is 348 g/mol. The van der Waals surface area contributed by atoms with Gasteiger partial charge in [0.15, 0.2) is 0 Å². The number of amides is 1. The molecule has 5 heteroatoms. The molecule has 0 radical (unpaired) electrons. The summed E-state index contributed by atoms with van der Waals surface area (Å²) in [5.74, 6) is 0.351. The maximum Gasteiger partial charge on any atom is 0.251 e. The minimum absolute atomic E-state index is 0.110. The number of para-hydroxylation sites is 1. The first-order valence-corrected chi connectivity index (χ1v) is 8.42. The molecule has 23 heavy (non-hydrogen) atoms. The maximum absolute atomic E-state index is 12.2. The first kappa shape index (κ1) is 16.2. The predicted molar refractivity (Wildman–Crippen MR) is 95.6 cm³/mol. The Bertz CT molecular complexity index is 691. The fourth-order valence-corrected chi connectivity index (χ4v) is 3.15. The number of nitrogens with one attached hydrogen (secondary N) is 1. The highest BCUT2D eigenvalue weighted by molar-refractivity contribution is 6.42. The molecular formula is C18H18Cl2N2O. The molecule has 120 valence electrons. The van der Waals surface area contributed by atoms with E-state index < -0.39 is 0 Å². The van der Waals surface area contributed by atoms with Crippen LogP contribution in [0.15, 0.2) is 48.5 Å². The number of hydrogen-bond donors (Lipinski definition) is 1. The van der Waals surface area contributed by atoms with Crippen molar-refractivity contribution in [2.45, 2.75) is 6.42 Å². The van der Waals surface area contributed by atoms with Gasteiger partial charge in [-0.2, -0.15) is 0 Å². The third-order valence-corrected chi connectivity index (χ3v) is 4.88. The first-order valence-electron chi connectivity index (χ1n) is 7.67. The third kappa shape index (κ3) is 3.98. The van der Waals surface area contributed by atoms with Gasteiger partial charge in [0.05, 0.1) is 10.0 Å². The van der Waals surface area contributed by atoms with Crippen LogP contribution < -0.4 is 10.2 Å². The average Bonchev–Trinajstić information content (AvgIpc) is 3.05. The minimum atomic E-state index is -0.110. The minimum Gasteiger partial charge on any atom is -0.371 e. The van der Waals surface area contributed by atoms with E-state index >= 15 is 0 Å². The summed E-state index contributed by atoms with van der Waals surface area (Å²) >= 11 is 11.8. The molecule has 1 amide bonds. The Labute approximate surface area is 146 Å². The Morgan fingerprint density at radius 1 is 1.13 bits per heavy atom. The Balaban J connectivity index is 1.53. The summed E-state index contributed by atoms with van der Waals surface area (Å²) in [6, 6.07) is 15.3. The predicted octanol–water partition coefficient (Wildman–Crippen LogP) is 4.25. The van der Waals surface area contributed by atoms with Crippen molar-refractivity contribution in [2.75, 3.05) is 24.5 Å². The van der Waals surface area contributed by atoms with E-state index in [4.69, 9.17) is 23.2 Å². The molecule has 1 fully saturated rings. The van der Waals surface area contributed by atoms with E-state index in [0.717, 1.165) is 19.5 Å². The van der Waals surface area contributed by atoms with Gasteiger partial charge in [0.2, 0.25) is 0 Å². The fraction of sp³-hybridized carbons (Fsp3) is 0.278. The normalized spacial score (nSPS) is 17.3. The van der Waals surface area contributed by atoms with E-state index in [0.29, 0.717) is 28.1 Å².